The van der Waals surface area contributed by atoms with Gasteiger partial charge in [-0.3, -0.25) is 0 Å². The monoisotopic (exact) mass is 278 g/mol. The van der Waals surface area contributed by atoms with Crippen molar-refractivity contribution in [3.05, 3.63) is 60.7 Å². The summed E-state index contributed by atoms with van der Waals surface area (Å²) in [6.07, 6.45) is 1.25. The Labute approximate surface area is 129 Å². The minimum absolute atomic E-state index is 0. The van der Waals surface area contributed by atoms with Gasteiger partial charge in [-0.25, -0.2) is 0 Å². The SMILES string of the molecule is C.C.CCC.c1ccc2c(c1)-c1cccc3cccc-2c13. The third-order valence-electron chi connectivity index (χ3n) is 3.41. The van der Waals surface area contributed by atoms with Crippen molar-refractivity contribution >= 4 is 10.8 Å². The molecule has 0 heteroatoms. The average molecular weight is 278 g/mol. The number of rotatable bonds is 0. The third kappa shape index (κ3) is 2.71. The molecule has 0 aromatic heterocycles. The molecule has 4 rings (SSSR count). The van der Waals surface area contributed by atoms with E-state index in [1.54, 1.807) is 0 Å². The van der Waals surface area contributed by atoms with E-state index in [-0.39, 0.29) is 14.9 Å². The van der Waals surface area contributed by atoms with E-state index in [0.717, 1.165) is 0 Å². The zero-order chi connectivity index (χ0) is 13.2. The number of hydrogen-bond acceptors (Lipinski definition) is 0. The van der Waals surface area contributed by atoms with Gasteiger partial charge in [0.15, 0.2) is 0 Å². The van der Waals surface area contributed by atoms with Gasteiger partial charge < -0.3 is 0 Å². The molecular weight excluding hydrogens is 252 g/mol. The highest BCUT2D eigenvalue weighted by atomic mass is 14.2. The maximum absolute atomic E-state index is 2.22. The summed E-state index contributed by atoms with van der Waals surface area (Å²) in [6, 6.07) is 21.8. The second-order valence-corrected chi connectivity index (χ2v) is 4.96. The van der Waals surface area contributed by atoms with Crippen LogP contribution >= 0.6 is 0 Å². The first-order valence-corrected chi connectivity index (χ1v) is 6.98. The molecule has 0 radical (unpaired) electrons. The highest BCUT2D eigenvalue weighted by Crippen LogP contribution is 2.46. The molecule has 0 saturated heterocycles. The highest BCUT2D eigenvalue weighted by Gasteiger charge is 2.19. The molecule has 0 amide bonds. The average Bonchev–Trinajstić information content (AvgIpc) is 2.78. The van der Waals surface area contributed by atoms with E-state index in [1.165, 1.54) is 39.4 Å². The lowest BCUT2D eigenvalue weighted by Crippen LogP contribution is -1.73. The first-order chi connectivity index (χ1) is 9.36. The van der Waals surface area contributed by atoms with Crippen molar-refractivity contribution in [3.8, 4) is 22.3 Å². The van der Waals surface area contributed by atoms with Crippen LogP contribution in [0.25, 0.3) is 33.0 Å². The Morgan fingerprint density at radius 3 is 1.38 bits per heavy atom. The minimum atomic E-state index is 0. The van der Waals surface area contributed by atoms with E-state index in [2.05, 4.69) is 74.5 Å². The lowest BCUT2D eigenvalue weighted by molar-refractivity contribution is 1.09. The summed E-state index contributed by atoms with van der Waals surface area (Å²) in [7, 11) is 0. The number of hydrogen-bond donors (Lipinski definition) is 0. The summed E-state index contributed by atoms with van der Waals surface area (Å²) >= 11 is 0. The van der Waals surface area contributed by atoms with Crippen LogP contribution in [0.2, 0.25) is 0 Å². The molecule has 0 aliphatic heterocycles. The van der Waals surface area contributed by atoms with Gasteiger partial charge in [0, 0.05) is 0 Å². The second kappa shape index (κ2) is 7.08. The van der Waals surface area contributed by atoms with Crippen molar-refractivity contribution in [2.75, 3.05) is 0 Å². The molecule has 0 N–H and O–H groups in total. The van der Waals surface area contributed by atoms with Crippen LogP contribution in [0.3, 0.4) is 0 Å². The van der Waals surface area contributed by atoms with Crippen LogP contribution in [0.5, 0.6) is 0 Å². The van der Waals surface area contributed by atoms with Crippen molar-refractivity contribution < 1.29 is 0 Å². The fourth-order valence-electron chi connectivity index (χ4n) is 2.74. The molecule has 0 unspecified atom stereocenters. The van der Waals surface area contributed by atoms with Gasteiger partial charge in [-0.15, -0.1) is 0 Å². The molecule has 3 aromatic rings. The molecule has 1 aliphatic rings. The summed E-state index contributed by atoms with van der Waals surface area (Å²) in [5.41, 5.74) is 5.50. The van der Waals surface area contributed by atoms with Gasteiger partial charge in [-0.05, 0) is 33.0 Å². The van der Waals surface area contributed by atoms with Gasteiger partial charge in [0.25, 0.3) is 0 Å². The van der Waals surface area contributed by atoms with Crippen LogP contribution in [-0.4, -0.2) is 0 Å². The molecule has 0 heterocycles. The summed E-state index contributed by atoms with van der Waals surface area (Å²) < 4.78 is 0. The van der Waals surface area contributed by atoms with Gasteiger partial charge in [-0.2, -0.15) is 0 Å². The zero-order valence-electron chi connectivity index (χ0n) is 11.5. The van der Waals surface area contributed by atoms with E-state index in [4.69, 9.17) is 0 Å². The predicted octanol–water partition coefficient (Wildman–Crippen LogP) is 7.18. The Hall–Kier alpha value is -2.08. The number of fused-ring (bicyclic) bond motifs is 3. The molecule has 3 aromatic carbocycles. The zero-order valence-corrected chi connectivity index (χ0v) is 11.5. The Bertz CT molecular complexity index is 665. The van der Waals surface area contributed by atoms with Crippen molar-refractivity contribution in [3.63, 3.8) is 0 Å². The van der Waals surface area contributed by atoms with Crippen LogP contribution in [0, 0.1) is 0 Å². The molecular formula is C21H26. The maximum Gasteiger partial charge on any atom is -0.00264 e. The van der Waals surface area contributed by atoms with E-state index in [9.17, 15) is 0 Å². The Kier molecular flexibility index (Phi) is 5.72. The Balaban J connectivity index is 0.000000411. The molecule has 1 aliphatic carbocycles. The molecule has 0 saturated carbocycles. The Morgan fingerprint density at radius 1 is 0.571 bits per heavy atom. The van der Waals surface area contributed by atoms with Gasteiger partial charge in [0.05, 0.1) is 0 Å². The molecule has 0 spiro atoms. The van der Waals surface area contributed by atoms with Crippen molar-refractivity contribution in [1.29, 1.82) is 0 Å². The van der Waals surface area contributed by atoms with Gasteiger partial charge >= 0.3 is 0 Å². The first kappa shape index (κ1) is 17.0. The van der Waals surface area contributed by atoms with Crippen LogP contribution in [0.4, 0.5) is 0 Å². The van der Waals surface area contributed by atoms with Crippen molar-refractivity contribution in [2.45, 2.75) is 35.1 Å². The second-order valence-electron chi connectivity index (χ2n) is 4.96. The van der Waals surface area contributed by atoms with Crippen LogP contribution in [0.1, 0.15) is 35.1 Å². The summed E-state index contributed by atoms with van der Waals surface area (Å²) in [6.45, 7) is 4.25. The molecule has 21 heavy (non-hydrogen) atoms. The van der Waals surface area contributed by atoms with Gasteiger partial charge in [0.2, 0.25) is 0 Å². The van der Waals surface area contributed by atoms with E-state index in [1.807, 2.05) is 0 Å². The quantitative estimate of drug-likeness (QED) is 0.319. The smallest absolute Gasteiger partial charge is 0.00264 e. The molecule has 0 fully saturated rings. The van der Waals surface area contributed by atoms with Crippen LogP contribution in [-0.2, 0) is 0 Å². The summed E-state index contributed by atoms with van der Waals surface area (Å²) in [4.78, 5) is 0. The molecule has 0 atom stereocenters. The standard InChI is InChI=1S/C16H10.C3H8.2CH4/c1-2-8-13-12(7-1)14-9-3-5-11-6-4-10-15(13)16(11)14;1-3-2;;/h1-10H;3H2,1-2H3;2*1H4. The maximum atomic E-state index is 2.22. The third-order valence-corrected chi connectivity index (χ3v) is 3.41. The number of benzene rings is 3. The van der Waals surface area contributed by atoms with Crippen molar-refractivity contribution in [2.24, 2.45) is 0 Å². The fourth-order valence-corrected chi connectivity index (χ4v) is 2.74. The van der Waals surface area contributed by atoms with Crippen molar-refractivity contribution in [1.82, 2.24) is 0 Å². The van der Waals surface area contributed by atoms with Gasteiger partial charge in [-0.1, -0.05) is 95.8 Å². The van der Waals surface area contributed by atoms with Gasteiger partial charge in [0.1, 0.15) is 0 Å². The Morgan fingerprint density at radius 2 is 0.952 bits per heavy atom. The van der Waals surface area contributed by atoms with Crippen LogP contribution in [0.15, 0.2) is 60.7 Å². The summed E-state index contributed by atoms with van der Waals surface area (Å²) in [5.74, 6) is 0. The fraction of sp³-hybridized carbons (Fsp3) is 0.238. The molecule has 110 valence electrons. The largest absolute Gasteiger partial charge is 0.0776 e. The topological polar surface area (TPSA) is 0 Å². The molecule has 0 nitrogen and oxygen atoms in total. The summed E-state index contributed by atoms with van der Waals surface area (Å²) in [5, 5.41) is 2.75. The molecule has 0 bridgehead atoms. The van der Waals surface area contributed by atoms with E-state index < -0.39 is 0 Å². The minimum Gasteiger partial charge on any atom is -0.0776 e. The predicted molar refractivity (Wildman–Crippen MR) is 97.8 cm³/mol. The van der Waals surface area contributed by atoms with Crippen LogP contribution < -0.4 is 0 Å². The normalized spacial score (nSPS) is 9.81. The van der Waals surface area contributed by atoms with E-state index >= 15 is 0 Å². The lowest BCUT2D eigenvalue weighted by atomic mass is 10.0. The van der Waals surface area contributed by atoms with E-state index in [0.29, 0.717) is 0 Å². The lowest BCUT2D eigenvalue weighted by Gasteiger charge is -2.00. The first-order valence-electron chi connectivity index (χ1n) is 6.98. The highest BCUT2D eigenvalue weighted by molar-refractivity contribution is 6.15.